The number of likely N-dealkylation sites (tertiary alicyclic amines) is 1. The van der Waals surface area contributed by atoms with E-state index in [1.165, 1.54) is 11.3 Å². The Kier molecular flexibility index (Phi) is 3.70. The first-order valence-electron chi connectivity index (χ1n) is 6.33. The van der Waals surface area contributed by atoms with Crippen LogP contribution < -0.4 is 0 Å². The molecule has 1 aliphatic heterocycles. The van der Waals surface area contributed by atoms with Crippen LogP contribution in [0.2, 0.25) is 0 Å². The van der Waals surface area contributed by atoms with Crippen molar-refractivity contribution in [1.82, 2.24) is 19.9 Å². The summed E-state index contributed by atoms with van der Waals surface area (Å²) in [6.07, 6.45) is 4.33. The number of rotatable bonds is 3. The predicted molar refractivity (Wildman–Crippen MR) is 74.5 cm³/mol. The molecule has 20 heavy (non-hydrogen) atoms. The molecule has 1 saturated heterocycles. The van der Waals surface area contributed by atoms with Gasteiger partial charge in [0.15, 0.2) is 10.8 Å². The summed E-state index contributed by atoms with van der Waals surface area (Å²) in [6.45, 7) is 1.34. The maximum Gasteiger partial charge on any atom is 0.273 e. The maximum absolute atomic E-state index is 12.3. The first-order valence-corrected chi connectivity index (χ1v) is 7.21. The van der Waals surface area contributed by atoms with Crippen molar-refractivity contribution in [3.63, 3.8) is 0 Å². The zero-order chi connectivity index (χ0) is 13.9. The van der Waals surface area contributed by atoms with Gasteiger partial charge in [-0.15, -0.1) is 11.3 Å². The fourth-order valence-electron chi connectivity index (χ4n) is 2.15. The van der Waals surface area contributed by atoms with Crippen LogP contribution in [-0.2, 0) is 4.74 Å². The number of hydrogen-bond donors (Lipinski definition) is 0. The van der Waals surface area contributed by atoms with Crippen LogP contribution in [0.15, 0.2) is 23.8 Å². The lowest BCUT2D eigenvalue weighted by molar-refractivity contribution is 0.0720. The zero-order valence-electron chi connectivity index (χ0n) is 11.0. The standard InChI is InChI=1S/C13H14N4O2S/c1-19-9-3-6-17(7-9)13(18)10-8-20-12(16-10)11-14-4-2-5-15-11/h2,4-5,8-9H,3,6-7H2,1H3/t9-/m1/s1. The largest absolute Gasteiger partial charge is 0.380 e. The van der Waals surface area contributed by atoms with E-state index in [1.54, 1.807) is 35.8 Å². The Hall–Kier alpha value is -1.86. The minimum absolute atomic E-state index is 0.0528. The Balaban J connectivity index is 1.76. The number of thiazole rings is 1. The summed E-state index contributed by atoms with van der Waals surface area (Å²) in [5.74, 6) is 0.496. The molecule has 0 saturated carbocycles. The average Bonchev–Trinajstić information content (AvgIpc) is 3.17. The molecule has 1 amide bonds. The zero-order valence-corrected chi connectivity index (χ0v) is 11.8. The number of carbonyl (C=O) groups excluding carboxylic acids is 1. The SMILES string of the molecule is CO[C@@H]1CCN(C(=O)c2csc(-c3ncccn3)n2)C1. The molecule has 3 rings (SSSR count). The second-order valence-corrected chi connectivity index (χ2v) is 5.37. The molecule has 0 aromatic carbocycles. The van der Waals surface area contributed by atoms with E-state index in [1.807, 2.05) is 0 Å². The molecular weight excluding hydrogens is 276 g/mol. The van der Waals surface area contributed by atoms with Gasteiger partial charge in [-0.2, -0.15) is 0 Å². The molecule has 1 atom stereocenters. The van der Waals surface area contributed by atoms with E-state index in [0.717, 1.165) is 6.42 Å². The van der Waals surface area contributed by atoms with Crippen molar-refractivity contribution in [2.24, 2.45) is 0 Å². The Morgan fingerprint density at radius 3 is 2.95 bits per heavy atom. The second kappa shape index (κ2) is 5.64. The van der Waals surface area contributed by atoms with E-state index in [-0.39, 0.29) is 12.0 Å². The fraction of sp³-hybridized carbons (Fsp3) is 0.385. The highest BCUT2D eigenvalue weighted by Crippen LogP contribution is 2.22. The van der Waals surface area contributed by atoms with Gasteiger partial charge in [0.25, 0.3) is 5.91 Å². The van der Waals surface area contributed by atoms with E-state index >= 15 is 0 Å². The highest BCUT2D eigenvalue weighted by atomic mass is 32.1. The van der Waals surface area contributed by atoms with Crippen LogP contribution in [0.25, 0.3) is 10.8 Å². The van der Waals surface area contributed by atoms with Gasteiger partial charge < -0.3 is 9.64 Å². The van der Waals surface area contributed by atoms with Crippen molar-refractivity contribution < 1.29 is 9.53 Å². The molecule has 7 heteroatoms. The highest BCUT2D eigenvalue weighted by molar-refractivity contribution is 7.13. The summed E-state index contributed by atoms with van der Waals surface area (Å²) in [6, 6.07) is 1.75. The van der Waals surface area contributed by atoms with Crippen molar-refractivity contribution in [2.45, 2.75) is 12.5 Å². The van der Waals surface area contributed by atoms with Crippen molar-refractivity contribution in [1.29, 1.82) is 0 Å². The molecule has 0 spiro atoms. The summed E-state index contributed by atoms with van der Waals surface area (Å²) in [5, 5.41) is 2.42. The molecule has 2 aromatic rings. The van der Waals surface area contributed by atoms with Crippen molar-refractivity contribution in [3.05, 3.63) is 29.5 Å². The minimum atomic E-state index is -0.0528. The number of hydrogen-bond acceptors (Lipinski definition) is 6. The third-order valence-electron chi connectivity index (χ3n) is 3.25. The topological polar surface area (TPSA) is 68.2 Å². The fourth-order valence-corrected chi connectivity index (χ4v) is 2.89. The number of aromatic nitrogens is 3. The van der Waals surface area contributed by atoms with E-state index in [9.17, 15) is 4.79 Å². The molecule has 0 unspecified atom stereocenters. The number of nitrogens with zero attached hydrogens (tertiary/aromatic N) is 4. The van der Waals surface area contributed by atoms with E-state index < -0.39 is 0 Å². The molecule has 6 nitrogen and oxygen atoms in total. The van der Waals surface area contributed by atoms with Gasteiger partial charge in [0.1, 0.15) is 5.69 Å². The van der Waals surface area contributed by atoms with Crippen LogP contribution >= 0.6 is 11.3 Å². The van der Waals surface area contributed by atoms with Gasteiger partial charge in [-0.05, 0) is 12.5 Å². The van der Waals surface area contributed by atoms with Crippen LogP contribution in [0.4, 0.5) is 0 Å². The maximum atomic E-state index is 12.3. The molecule has 2 aromatic heterocycles. The van der Waals surface area contributed by atoms with Crippen molar-refractivity contribution in [3.8, 4) is 10.8 Å². The summed E-state index contributed by atoms with van der Waals surface area (Å²) in [4.78, 5) is 26.7. The first kappa shape index (κ1) is 13.1. The lowest BCUT2D eigenvalue weighted by Gasteiger charge is -2.14. The van der Waals surface area contributed by atoms with Crippen LogP contribution in [-0.4, -0.2) is 52.1 Å². The highest BCUT2D eigenvalue weighted by Gasteiger charge is 2.28. The lowest BCUT2D eigenvalue weighted by Crippen LogP contribution is -2.30. The smallest absolute Gasteiger partial charge is 0.273 e. The molecule has 3 heterocycles. The molecule has 0 radical (unpaired) electrons. The molecule has 0 N–H and O–H groups in total. The Bertz CT molecular complexity index is 601. The van der Waals surface area contributed by atoms with Gasteiger partial charge in [0, 0.05) is 38.0 Å². The van der Waals surface area contributed by atoms with Gasteiger partial charge >= 0.3 is 0 Å². The third-order valence-corrected chi connectivity index (χ3v) is 4.08. The molecular formula is C13H14N4O2S. The summed E-state index contributed by atoms with van der Waals surface area (Å²) >= 11 is 1.38. The van der Waals surface area contributed by atoms with E-state index in [4.69, 9.17) is 4.74 Å². The van der Waals surface area contributed by atoms with Gasteiger partial charge in [0.2, 0.25) is 0 Å². The number of carbonyl (C=O) groups is 1. The Morgan fingerprint density at radius 2 is 2.25 bits per heavy atom. The molecule has 0 bridgehead atoms. The van der Waals surface area contributed by atoms with Crippen LogP contribution in [0.3, 0.4) is 0 Å². The molecule has 1 aliphatic rings. The Morgan fingerprint density at radius 1 is 1.45 bits per heavy atom. The summed E-state index contributed by atoms with van der Waals surface area (Å²) in [7, 11) is 1.67. The summed E-state index contributed by atoms with van der Waals surface area (Å²) < 4.78 is 5.27. The minimum Gasteiger partial charge on any atom is -0.380 e. The van der Waals surface area contributed by atoms with E-state index in [2.05, 4.69) is 15.0 Å². The van der Waals surface area contributed by atoms with Gasteiger partial charge in [0.05, 0.1) is 6.10 Å². The van der Waals surface area contributed by atoms with Crippen molar-refractivity contribution >= 4 is 17.2 Å². The quantitative estimate of drug-likeness (QED) is 0.856. The molecule has 0 aliphatic carbocycles. The third kappa shape index (κ3) is 2.54. The number of methoxy groups -OCH3 is 1. The van der Waals surface area contributed by atoms with Gasteiger partial charge in [-0.1, -0.05) is 0 Å². The van der Waals surface area contributed by atoms with Crippen LogP contribution in [0.5, 0.6) is 0 Å². The monoisotopic (exact) mass is 290 g/mol. The Labute approximate surface area is 120 Å². The van der Waals surface area contributed by atoms with Gasteiger partial charge in [-0.25, -0.2) is 15.0 Å². The normalized spacial score (nSPS) is 18.4. The van der Waals surface area contributed by atoms with Gasteiger partial charge in [-0.3, -0.25) is 4.79 Å². The second-order valence-electron chi connectivity index (χ2n) is 4.51. The van der Waals surface area contributed by atoms with Crippen LogP contribution in [0.1, 0.15) is 16.9 Å². The van der Waals surface area contributed by atoms with Crippen LogP contribution in [0, 0.1) is 0 Å². The number of amides is 1. The number of ether oxygens (including phenoxy) is 1. The first-order chi connectivity index (χ1) is 9.78. The summed E-state index contributed by atoms with van der Waals surface area (Å²) in [5.41, 5.74) is 0.453. The van der Waals surface area contributed by atoms with E-state index in [0.29, 0.717) is 29.6 Å². The van der Waals surface area contributed by atoms with Crippen molar-refractivity contribution in [2.75, 3.05) is 20.2 Å². The predicted octanol–water partition coefficient (Wildman–Crippen LogP) is 1.46. The molecule has 1 fully saturated rings. The lowest BCUT2D eigenvalue weighted by atomic mass is 10.3. The average molecular weight is 290 g/mol. The molecule has 104 valence electrons.